The molecule has 2 aromatic rings. The molecule has 0 aliphatic carbocycles. The highest BCUT2D eigenvalue weighted by Gasteiger charge is 2.12. The fourth-order valence-electron chi connectivity index (χ4n) is 3.08. The van der Waals surface area contributed by atoms with E-state index < -0.39 is 0 Å². The van der Waals surface area contributed by atoms with Crippen molar-refractivity contribution >= 4 is 11.7 Å². The van der Waals surface area contributed by atoms with E-state index in [1.165, 1.54) is 0 Å². The van der Waals surface area contributed by atoms with E-state index in [1.54, 1.807) is 0 Å². The Morgan fingerprint density at radius 1 is 0.897 bits per heavy atom. The van der Waals surface area contributed by atoms with Gasteiger partial charge in [0.15, 0.2) is 17.3 Å². The van der Waals surface area contributed by atoms with Crippen LogP contribution in [-0.2, 0) is 11.2 Å². The third kappa shape index (κ3) is 6.93. The van der Waals surface area contributed by atoms with Crippen LogP contribution in [-0.4, -0.2) is 31.4 Å². The van der Waals surface area contributed by atoms with E-state index in [9.17, 15) is 9.59 Å². The van der Waals surface area contributed by atoms with Crippen LogP contribution in [0.2, 0.25) is 0 Å². The Labute approximate surface area is 173 Å². The molecule has 1 N–H and O–H groups in total. The highest BCUT2D eigenvalue weighted by atomic mass is 16.5. The molecule has 2 aromatic carbocycles. The number of amides is 1. The molecule has 0 aromatic heterocycles. The van der Waals surface area contributed by atoms with Crippen LogP contribution in [0, 0.1) is 13.8 Å². The molecule has 0 aliphatic heterocycles. The van der Waals surface area contributed by atoms with Gasteiger partial charge in [0.2, 0.25) is 5.91 Å². The average molecular weight is 398 g/mol. The zero-order valence-electron chi connectivity index (χ0n) is 17.8. The summed E-state index contributed by atoms with van der Waals surface area (Å²) < 4.78 is 11.2. The third-order valence-corrected chi connectivity index (χ3v) is 4.62. The second kappa shape index (κ2) is 11.2. The molecular weight excluding hydrogens is 366 g/mol. The van der Waals surface area contributed by atoms with Crippen LogP contribution in [0.4, 0.5) is 0 Å². The Hall–Kier alpha value is -2.82. The molecule has 156 valence electrons. The smallest absolute Gasteiger partial charge is 0.220 e. The van der Waals surface area contributed by atoms with Gasteiger partial charge in [-0.25, -0.2) is 0 Å². The third-order valence-electron chi connectivity index (χ3n) is 4.62. The number of hydrogen-bond donors (Lipinski definition) is 1. The number of nitrogens with one attached hydrogen (secondary N) is 1. The van der Waals surface area contributed by atoms with Crippen molar-refractivity contribution in [2.24, 2.45) is 0 Å². The second-order valence-electron chi connectivity index (χ2n) is 6.99. The molecule has 0 unspecified atom stereocenters. The van der Waals surface area contributed by atoms with Crippen molar-refractivity contribution in [1.29, 1.82) is 0 Å². The quantitative estimate of drug-likeness (QED) is 0.570. The summed E-state index contributed by atoms with van der Waals surface area (Å²) in [5, 5.41) is 2.89. The zero-order chi connectivity index (χ0) is 21.2. The van der Waals surface area contributed by atoms with Crippen molar-refractivity contribution in [2.45, 2.75) is 47.0 Å². The number of Topliss-reactive ketones (excluding diaryl/α,β-unsaturated/α-hetero) is 1. The topological polar surface area (TPSA) is 64.6 Å². The van der Waals surface area contributed by atoms with Gasteiger partial charge in [-0.1, -0.05) is 23.8 Å². The largest absolute Gasteiger partial charge is 0.490 e. The molecule has 0 saturated carbocycles. The first-order valence-corrected chi connectivity index (χ1v) is 10.2. The van der Waals surface area contributed by atoms with Gasteiger partial charge in [-0.15, -0.1) is 0 Å². The van der Waals surface area contributed by atoms with Crippen molar-refractivity contribution < 1.29 is 19.1 Å². The van der Waals surface area contributed by atoms with Crippen molar-refractivity contribution in [3.63, 3.8) is 0 Å². The minimum atomic E-state index is -0.111. The number of ether oxygens (including phenoxy) is 2. The first-order chi connectivity index (χ1) is 13.9. The number of hydrogen-bond acceptors (Lipinski definition) is 4. The second-order valence-corrected chi connectivity index (χ2v) is 6.99. The number of benzene rings is 2. The van der Waals surface area contributed by atoms with Crippen molar-refractivity contribution in [3.8, 4) is 11.5 Å². The zero-order valence-corrected chi connectivity index (χ0v) is 17.8. The Bertz CT molecular complexity index is 845. The molecule has 0 aliphatic rings. The molecule has 0 heterocycles. The summed E-state index contributed by atoms with van der Waals surface area (Å²) in [6.07, 6.45) is 1.09. The molecule has 0 radical (unpaired) electrons. The molecular formula is C24H31NO4. The summed E-state index contributed by atoms with van der Waals surface area (Å²) in [5.41, 5.74) is 3.76. The fraction of sp³-hybridized carbons (Fsp3) is 0.417. The number of rotatable bonds is 11. The van der Waals surface area contributed by atoms with Gasteiger partial charge in [0.05, 0.1) is 13.2 Å². The predicted octanol–water partition coefficient (Wildman–Crippen LogP) is 4.42. The SMILES string of the molecule is CCOc1ccc(CCNC(=O)CCC(=O)c2cc(C)ccc2C)cc1OCC. The van der Waals surface area contributed by atoms with Crippen molar-refractivity contribution in [1.82, 2.24) is 5.32 Å². The predicted molar refractivity (Wildman–Crippen MR) is 115 cm³/mol. The summed E-state index contributed by atoms with van der Waals surface area (Å²) >= 11 is 0. The maximum absolute atomic E-state index is 12.4. The molecule has 2 rings (SSSR count). The van der Waals surface area contributed by atoms with Crippen molar-refractivity contribution in [3.05, 3.63) is 58.7 Å². The first-order valence-electron chi connectivity index (χ1n) is 10.2. The number of carbonyl (C=O) groups is 2. The van der Waals surface area contributed by atoms with Gasteiger partial charge in [0, 0.05) is 24.9 Å². The lowest BCUT2D eigenvalue weighted by atomic mass is 9.99. The summed E-state index contributed by atoms with van der Waals surface area (Å²) in [5.74, 6) is 1.35. The molecule has 0 spiro atoms. The van der Waals surface area contributed by atoms with E-state index in [2.05, 4.69) is 5.32 Å². The van der Waals surface area contributed by atoms with Gasteiger partial charge in [0.25, 0.3) is 0 Å². The fourth-order valence-corrected chi connectivity index (χ4v) is 3.08. The van der Waals surface area contributed by atoms with E-state index >= 15 is 0 Å². The van der Waals surface area contributed by atoms with Gasteiger partial charge in [-0.05, 0) is 63.4 Å². The van der Waals surface area contributed by atoms with E-state index in [0.29, 0.717) is 31.7 Å². The van der Waals surface area contributed by atoms with Crippen LogP contribution in [0.1, 0.15) is 53.7 Å². The molecule has 1 amide bonds. The maximum atomic E-state index is 12.4. The number of carbonyl (C=O) groups excluding carboxylic acids is 2. The Kier molecular flexibility index (Phi) is 8.71. The maximum Gasteiger partial charge on any atom is 0.220 e. The molecule has 0 fully saturated rings. The average Bonchev–Trinajstić information content (AvgIpc) is 2.70. The summed E-state index contributed by atoms with van der Waals surface area (Å²) in [7, 11) is 0. The van der Waals surface area contributed by atoms with Gasteiger partial charge in [-0.2, -0.15) is 0 Å². The van der Waals surface area contributed by atoms with Crippen LogP contribution in [0.5, 0.6) is 11.5 Å². The molecule has 5 heteroatoms. The van der Waals surface area contributed by atoms with Crippen LogP contribution in [0.25, 0.3) is 0 Å². The summed E-state index contributed by atoms with van der Waals surface area (Å²) in [4.78, 5) is 24.5. The lowest BCUT2D eigenvalue weighted by molar-refractivity contribution is -0.121. The van der Waals surface area contributed by atoms with E-state index in [0.717, 1.165) is 28.2 Å². The Balaban J connectivity index is 1.81. The van der Waals surface area contributed by atoms with Crippen LogP contribution < -0.4 is 14.8 Å². The molecule has 5 nitrogen and oxygen atoms in total. The highest BCUT2D eigenvalue weighted by Crippen LogP contribution is 2.28. The summed E-state index contributed by atoms with van der Waals surface area (Å²) in [6, 6.07) is 11.6. The minimum absolute atomic E-state index is 0.00854. The van der Waals surface area contributed by atoms with E-state index in [4.69, 9.17) is 9.47 Å². The minimum Gasteiger partial charge on any atom is -0.490 e. The van der Waals surface area contributed by atoms with Crippen LogP contribution in [0.3, 0.4) is 0 Å². The van der Waals surface area contributed by atoms with Crippen molar-refractivity contribution in [2.75, 3.05) is 19.8 Å². The molecule has 29 heavy (non-hydrogen) atoms. The summed E-state index contributed by atoms with van der Waals surface area (Å²) in [6.45, 7) is 9.40. The number of aryl methyl sites for hydroxylation is 2. The van der Waals surface area contributed by atoms with Gasteiger partial charge in [-0.3, -0.25) is 9.59 Å². The Morgan fingerprint density at radius 2 is 1.62 bits per heavy atom. The van der Waals surface area contributed by atoms with Gasteiger partial charge < -0.3 is 14.8 Å². The lowest BCUT2D eigenvalue weighted by Gasteiger charge is -2.12. The first kappa shape index (κ1) is 22.5. The Morgan fingerprint density at radius 3 is 2.34 bits per heavy atom. The van der Waals surface area contributed by atoms with Gasteiger partial charge >= 0.3 is 0 Å². The van der Waals surface area contributed by atoms with E-state index in [1.807, 2.05) is 64.1 Å². The monoisotopic (exact) mass is 397 g/mol. The standard InChI is InChI=1S/C24H31NO4/c1-5-28-22-11-9-19(16-23(22)29-6-2)13-14-25-24(27)12-10-21(26)20-15-17(3)7-8-18(20)4/h7-9,11,15-16H,5-6,10,12-14H2,1-4H3,(H,25,27). The highest BCUT2D eigenvalue weighted by molar-refractivity contribution is 5.99. The van der Waals surface area contributed by atoms with Crippen LogP contribution in [0.15, 0.2) is 36.4 Å². The van der Waals surface area contributed by atoms with Crippen LogP contribution >= 0.6 is 0 Å². The lowest BCUT2D eigenvalue weighted by Crippen LogP contribution is -2.26. The van der Waals surface area contributed by atoms with Gasteiger partial charge in [0.1, 0.15) is 0 Å². The molecule has 0 bridgehead atoms. The van der Waals surface area contributed by atoms with E-state index in [-0.39, 0.29) is 24.5 Å². The molecule has 0 saturated heterocycles. The normalized spacial score (nSPS) is 10.5. The number of ketones is 1. The molecule has 0 atom stereocenters.